The lowest BCUT2D eigenvalue weighted by atomic mass is 10.1. The van der Waals surface area contributed by atoms with Gasteiger partial charge in [0, 0.05) is 23.5 Å². The highest BCUT2D eigenvalue weighted by Gasteiger charge is 2.07. The molecule has 0 saturated carbocycles. The van der Waals surface area contributed by atoms with E-state index >= 15 is 0 Å². The first kappa shape index (κ1) is 16.2. The molecule has 0 spiro atoms. The molecule has 1 aliphatic rings. The molecule has 24 heavy (non-hydrogen) atoms. The van der Waals surface area contributed by atoms with Gasteiger partial charge in [0.15, 0.2) is 0 Å². The molecule has 1 atom stereocenters. The topological polar surface area (TPSA) is 65.8 Å². The Bertz CT molecular complexity index is 742. The van der Waals surface area contributed by atoms with Crippen molar-refractivity contribution in [3.05, 3.63) is 64.7 Å². The minimum atomic E-state index is -0.252. The summed E-state index contributed by atoms with van der Waals surface area (Å²) >= 11 is 5.81. The Kier molecular flexibility index (Phi) is 5.23. The van der Waals surface area contributed by atoms with Crippen molar-refractivity contribution in [2.45, 2.75) is 19.0 Å². The third-order valence-corrected chi connectivity index (χ3v) is 3.86. The SMILES string of the molecule is O=C(NCc1ccc(CC2C=NC=N2)cc1)Nc1ccc(Cl)cc1. The molecule has 2 N–H and O–H groups in total. The second-order valence-corrected chi connectivity index (χ2v) is 5.90. The maximum absolute atomic E-state index is 11.9. The highest BCUT2D eigenvalue weighted by Crippen LogP contribution is 2.13. The van der Waals surface area contributed by atoms with Crippen LogP contribution in [0.5, 0.6) is 0 Å². The lowest BCUT2D eigenvalue weighted by Gasteiger charge is -2.09. The third kappa shape index (κ3) is 4.67. The van der Waals surface area contributed by atoms with Crippen molar-refractivity contribution in [1.82, 2.24) is 5.32 Å². The van der Waals surface area contributed by atoms with Crippen LogP contribution in [-0.4, -0.2) is 24.6 Å². The first-order chi connectivity index (χ1) is 11.7. The molecule has 1 aliphatic heterocycles. The summed E-state index contributed by atoms with van der Waals surface area (Å²) in [5.41, 5.74) is 2.93. The Morgan fingerprint density at radius 3 is 2.42 bits per heavy atom. The number of carbonyl (C=O) groups is 1. The molecule has 0 bridgehead atoms. The number of aliphatic imine (C=N–C) groups is 2. The summed E-state index contributed by atoms with van der Waals surface area (Å²) in [7, 11) is 0. The van der Waals surface area contributed by atoms with Crippen LogP contribution in [0.3, 0.4) is 0 Å². The maximum atomic E-state index is 11.9. The molecule has 0 aromatic heterocycles. The van der Waals surface area contributed by atoms with E-state index in [1.165, 1.54) is 5.56 Å². The van der Waals surface area contributed by atoms with Gasteiger partial charge in [0.25, 0.3) is 0 Å². The van der Waals surface area contributed by atoms with E-state index in [9.17, 15) is 4.79 Å². The monoisotopic (exact) mass is 340 g/mol. The van der Waals surface area contributed by atoms with Gasteiger partial charge in [0.1, 0.15) is 6.34 Å². The summed E-state index contributed by atoms with van der Waals surface area (Å²) in [6.45, 7) is 0.461. The van der Waals surface area contributed by atoms with Crippen LogP contribution < -0.4 is 10.6 Å². The number of nitrogens with zero attached hydrogens (tertiary/aromatic N) is 2. The predicted molar refractivity (Wildman–Crippen MR) is 98.2 cm³/mol. The number of anilines is 1. The molecule has 0 aliphatic carbocycles. The van der Waals surface area contributed by atoms with E-state index in [1.54, 1.807) is 30.6 Å². The van der Waals surface area contributed by atoms with E-state index in [0.717, 1.165) is 12.0 Å². The summed E-state index contributed by atoms with van der Waals surface area (Å²) in [6.07, 6.45) is 4.27. The molecule has 2 aromatic rings. The number of halogens is 1. The predicted octanol–water partition coefficient (Wildman–Crippen LogP) is 3.69. The first-order valence-electron chi connectivity index (χ1n) is 7.62. The lowest BCUT2D eigenvalue weighted by Crippen LogP contribution is -2.28. The third-order valence-electron chi connectivity index (χ3n) is 3.61. The van der Waals surface area contributed by atoms with Crippen molar-refractivity contribution in [3.8, 4) is 0 Å². The molecule has 2 amide bonds. The average molecular weight is 341 g/mol. The smallest absolute Gasteiger partial charge is 0.319 e. The van der Waals surface area contributed by atoms with Gasteiger partial charge in [-0.1, -0.05) is 35.9 Å². The van der Waals surface area contributed by atoms with E-state index in [4.69, 9.17) is 11.6 Å². The molecule has 0 saturated heterocycles. The van der Waals surface area contributed by atoms with Crippen LogP contribution in [0.25, 0.3) is 0 Å². The number of nitrogens with one attached hydrogen (secondary N) is 2. The summed E-state index contributed by atoms with van der Waals surface area (Å²) in [5.74, 6) is 0. The van der Waals surface area contributed by atoms with Gasteiger partial charge in [0.05, 0.1) is 6.04 Å². The maximum Gasteiger partial charge on any atom is 0.319 e. The largest absolute Gasteiger partial charge is 0.334 e. The van der Waals surface area contributed by atoms with Crippen LogP contribution in [0, 0.1) is 0 Å². The molecule has 0 radical (unpaired) electrons. The van der Waals surface area contributed by atoms with Gasteiger partial charge in [-0.3, -0.25) is 4.99 Å². The molecule has 2 aromatic carbocycles. The van der Waals surface area contributed by atoms with Gasteiger partial charge in [-0.15, -0.1) is 0 Å². The fourth-order valence-corrected chi connectivity index (χ4v) is 2.46. The zero-order chi connectivity index (χ0) is 16.8. The van der Waals surface area contributed by atoms with Crippen LogP contribution in [-0.2, 0) is 13.0 Å². The van der Waals surface area contributed by atoms with Crippen LogP contribution in [0.1, 0.15) is 11.1 Å². The minimum absolute atomic E-state index is 0.138. The van der Waals surface area contributed by atoms with Crippen molar-refractivity contribution in [3.63, 3.8) is 0 Å². The van der Waals surface area contributed by atoms with Gasteiger partial charge in [0.2, 0.25) is 0 Å². The van der Waals surface area contributed by atoms with Crippen LogP contribution in [0.15, 0.2) is 58.5 Å². The van der Waals surface area contributed by atoms with E-state index in [2.05, 4.69) is 32.8 Å². The van der Waals surface area contributed by atoms with Crippen molar-refractivity contribution >= 4 is 35.9 Å². The lowest BCUT2D eigenvalue weighted by molar-refractivity contribution is 0.251. The van der Waals surface area contributed by atoms with Gasteiger partial charge in [-0.25, -0.2) is 9.79 Å². The highest BCUT2D eigenvalue weighted by atomic mass is 35.5. The molecular formula is C18H17ClN4O. The number of carbonyl (C=O) groups excluding carboxylic acids is 1. The Hall–Kier alpha value is -2.66. The molecule has 1 heterocycles. The molecule has 6 heteroatoms. The summed E-state index contributed by atoms with van der Waals surface area (Å²) in [6, 6.07) is 15.0. The van der Waals surface area contributed by atoms with Crippen LogP contribution >= 0.6 is 11.6 Å². The fourth-order valence-electron chi connectivity index (χ4n) is 2.33. The van der Waals surface area contributed by atoms with Crippen molar-refractivity contribution < 1.29 is 4.79 Å². The highest BCUT2D eigenvalue weighted by molar-refractivity contribution is 6.30. The van der Waals surface area contributed by atoms with Gasteiger partial charge in [-0.05, 0) is 41.8 Å². The molecular weight excluding hydrogens is 324 g/mol. The van der Waals surface area contributed by atoms with Crippen molar-refractivity contribution in [2.24, 2.45) is 9.98 Å². The van der Waals surface area contributed by atoms with E-state index in [0.29, 0.717) is 17.3 Å². The zero-order valence-corrected chi connectivity index (χ0v) is 13.7. The average Bonchev–Trinajstić information content (AvgIpc) is 3.09. The van der Waals surface area contributed by atoms with Crippen molar-refractivity contribution in [2.75, 3.05) is 5.32 Å². The number of urea groups is 1. The molecule has 5 nitrogen and oxygen atoms in total. The summed E-state index contributed by atoms with van der Waals surface area (Å²) < 4.78 is 0. The van der Waals surface area contributed by atoms with E-state index in [1.807, 2.05) is 18.3 Å². The zero-order valence-electron chi connectivity index (χ0n) is 12.9. The Balaban J connectivity index is 1.47. The molecule has 3 rings (SSSR count). The number of hydrogen-bond acceptors (Lipinski definition) is 3. The number of rotatable bonds is 5. The van der Waals surface area contributed by atoms with Crippen LogP contribution in [0.4, 0.5) is 10.5 Å². The van der Waals surface area contributed by atoms with E-state index in [-0.39, 0.29) is 12.1 Å². The van der Waals surface area contributed by atoms with Gasteiger partial charge in [-0.2, -0.15) is 0 Å². The molecule has 1 unspecified atom stereocenters. The Morgan fingerprint density at radius 2 is 1.75 bits per heavy atom. The first-order valence-corrected chi connectivity index (χ1v) is 8.00. The van der Waals surface area contributed by atoms with Crippen LogP contribution in [0.2, 0.25) is 5.02 Å². The number of hydrogen-bond donors (Lipinski definition) is 2. The number of benzene rings is 2. The molecule has 0 fully saturated rings. The second-order valence-electron chi connectivity index (χ2n) is 5.47. The standard InChI is InChI=1S/C18H17ClN4O/c19-15-5-7-16(8-6-15)23-18(24)21-10-14-3-1-13(2-4-14)9-17-11-20-12-22-17/h1-8,11-12,17H,9-10H2,(H2,21,23,24). The van der Waals surface area contributed by atoms with E-state index < -0.39 is 0 Å². The van der Waals surface area contributed by atoms with Gasteiger partial charge >= 0.3 is 6.03 Å². The fraction of sp³-hybridized carbons (Fsp3) is 0.167. The summed E-state index contributed by atoms with van der Waals surface area (Å²) in [5, 5.41) is 6.22. The second kappa shape index (κ2) is 7.75. The van der Waals surface area contributed by atoms with Gasteiger partial charge < -0.3 is 10.6 Å². The van der Waals surface area contributed by atoms with Crippen molar-refractivity contribution in [1.29, 1.82) is 0 Å². The molecule has 122 valence electrons. The quantitative estimate of drug-likeness (QED) is 0.856. The summed E-state index contributed by atoms with van der Waals surface area (Å²) in [4.78, 5) is 20.1. The minimum Gasteiger partial charge on any atom is -0.334 e. The normalized spacial score (nSPS) is 15.5. The Labute approximate surface area is 145 Å². The Morgan fingerprint density at radius 1 is 1.04 bits per heavy atom. The number of amides is 2.